The van der Waals surface area contributed by atoms with Crippen LogP contribution >= 0.6 is 0 Å². The molecular weight excluding hydrogens is 304 g/mol. The van der Waals surface area contributed by atoms with Gasteiger partial charge in [-0.3, -0.25) is 4.79 Å². The average Bonchev–Trinajstić information content (AvgIpc) is 2.97. The number of aryl methyl sites for hydroxylation is 2. The van der Waals surface area contributed by atoms with Gasteiger partial charge in [0.05, 0.1) is 6.54 Å². The van der Waals surface area contributed by atoms with Crippen molar-refractivity contribution >= 4 is 5.82 Å². The number of furan rings is 1. The highest BCUT2D eigenvalue weighted by atomic mass is 16.3. The highest BCUT2D eigenvalue weighted by Crippen LogP contribution is 2.19. The first-order valence-electron chi connectivity index (χ1n) is 7.74. The molecule has 3 rings (SSSR count). The van der Waals surface area contributed by atoms with E-state index in [2.05, 4.69) is 15.0 Å². The second-order valence-electron chi connectivity index (χ2n) is 5.90. The summed E-state index contributed by atoms with van der Waals surface area (Å²) in [4.78, 5) is 25.6. The van der Waals surface area contributed by atoms with Gasteiger partial charge in [-0.2, -0.15) is 0 Å². The van der Waals surface area contributed by atoms with Crippen LogP contribution in [0.3, 0.4) is 0 Å². The van der Waals surface area contributed by atoms with Crippen LogP contribution in [0, 0.1) is 20.8 Å². The molecule has 0 unspecified atom stereocenters. The topological polar surface area (TPSA) is 75.0 Å². The van der Waals surface area contributed by atoms with Gasteiger partial charge >= 0.3 is 0 Å². The largest absolute Gasteiger partial charge is 0.464 e. The maximum Gasteiger partial charge on any atom is 0.254 e. The van der Waals surface area contributed by atoms with E-state index in [9.17, 15) is 4.79 Å². The maximum absolute atomic E-state index is 11.9. The maximum atomic E-state index is 11.9. The molecule has 0 aliphatic carbocycles. The fourth-order valence-electron chi connectivity index (χ4n) is 2.42. The lowest BCUT2D eigenvalue weighted by molar-refractivity contribution is 0.481. The number of anilines is 1. The van der Waals surface area contributed by atoms with E-state index in [-0.39, 0.29) is 5.56 Å². The molecule has 3 aromatic rings. The Labute approximate surface area is 140 Å². The van der Waals surface area contributed by atoms with Crippen LogP contribution in [0.4, 0.5) is 5.82 Å². The van der Waals surface area contributed by atoms with Gasteiger partial charge in [0.1, 0.15) is 23.2 Å². The zero-order chi connectivity index (χ0) is 17.3. The molecule has 24 heavy (non-hydrogen) atoms. The zero-order valence-corrected chi connectivity index (χ0v) is 14.3. The predicted molar refractivity (Wildman–Crippen MR) is 93.1 cm³/mol. The molecule has 0 saturated heterocycles. The molecule has 6 nitrogen and oxygen atoms in total. The third-order valence-corrected chi connectivity index (χ3v) is 4.00. The number of rotatable bonds is 4. The third kappa shape index (κ3) is 3.22. The fraction of sp³-hybridized carbons (Fsp3) is 0.278. The standard InChI is InChI=1S/C18H20N4O2/c1-11-5-7-15(24-11)10-22(4)16-8-6-14(9-19-16)17-20-13(3)12(2)18(23)21-17/h5-9H,10H2,1-4H3,(H,20,21,23). The van der Waals surface area contributed by atoms with E-state index in [1.54, 1.807) is 13.1 Å². The van der Waals surface area contributed by atoms with E-state index < -0.39 is 0 Å². The van der Waals surface area contributed by atoms with Crippen molar-refractivity contribution in [3.05, 3.63) is 63.6 Å². The van der Waals surface area contributed by atoms with Crippen LogP contribution in [0.15, 0.2) is 39.7 Å². The molecule has 3 aromatic heterocycles. The third-order valence-electron chi connectivity index (χ3n) is 4.00. The van der Waals surface area contributed by atoms with Crippen molar-refractivity contribution in [2.75, 3.05) is 11.9 Å². The summed E-state index contributed by atoms with van der Waals surface area (Å²) in [5, 5.41) is 0. The summed E-state index contributed by atoms with van der Waals surface area (Å²) < 4.78 is 5.59. The van der Waals surface area contributed by atoms with Gasteiger partial charge in [0.25, 0.3) is 5.56 Å². The number of aromatic nitrogens is 3. The summed E-state index contributed by atoms with van der Waals surface area (Å²) in [5.74, 6) is 3.14. The molecule has 1 N–H and O–H groups in total. The van der Waals surface area contributed by atoms with Gasteiger partial charge in [0.15, 0.2) is 0 Å². The Kier molecular flexibility index (Phi) is 4.20. The average molecular weight is 324 g/mol. The SMILES string of the molecule is Cc1ccc(CN(C)c2ccc(-c3nc(C)c(C)c(=O)[nH]3)cn2)o1. The van der Waals surface area contributed by atoms with Gasteiger partial charge in [-0.25, -0.2) is 9.97 Å². The number of pyridine rings is 1. The van der Waals surface area contributed by atoms with Crippen LogP contribution in [-0.4, -0.2) is 22.0 Å². The molecule has 6 heteroatoms. The van der Waals surface area contributed by atoms with Crippen LogP contribution in [0.25, 0.3) is 11.4 Å². The first-order chi connectivity index (χ1) is 11.4. The lowest BCUT2D eigenvalue weighted by atomic mass is 10.2. The first kappa shape index (κ1) is 16.0. The van der Waals surface area contributed by atoms with Gasteiger partial charge < -0.3 is 14.3 Å². The van der Waals surface area contributed by atoms with E-state index >= 15 is 0 Å². The highest BCUT2D eigenvalue weighted by molar-refractivity contribution is 5.56. The van der Waals surface area contributed by atoms with Crippen molar-refractivity contribution in [3.63, 3.8) is 0 Å². The van der Waals surface area contributed by atoms with E-state index in [1.807, 2.05) is 50.1 Å². The number of hydrogen-bond acceptors (Lipinski definition) is 5. The minimum Gasteiger partial charge on any atom is -0.464 e. The van der Waals surface area contributed by atoms with Gasteiger partial charge in [0, 0.05) is 30.1 Å². The van der Waals surface area contributed by atoms with Crippen LogP contribution in [0.2, 0.25) is 0 Å². The smallest absolute Gasteiger partial charge is 0.254 e. The summed E-state index contributed by atoms with van der Waals surface area (Å²) in [6, 6.07) is 7.71. The molecule has 0 spiro atoms. The summed E-state index contributed by atoms with van der Waals surface area (Å²) in [5.41, 5.74) is 2.02. The Hall–Kier alpha value is -2.89. The van der Waals surface area contributed by atoms with E-state index in [1.165, 1.54) is 0 Å². The minimum absolute atomic E-state index is 0.119. The summed E-state index contributed by atoms with van der Waals surface area (Å²) in [6.07, 6.45) is 1.71. The van der Waals surface area contributed by atoms with E-state index in [0.717, 1.165) is 28.6 Å². The Morgan fingerprint density at radius 2 is 1.96 bits per heavy atom. The lowest BCUT2D eigenvalue weighted by Crippen LogP contribution is -2.17. The Balaban J connectivity index is 1.81. The Morgan fingerprint density at radius 1 is 1.17 bits per heavy atom. The predicted octanol–water partition coefficient (Wildman–Crippen LogP) is 2.99. The van der Waals surface area contributed by atoms with Crippen LogP contribution in [0.1, 0.15) is 22.8 Å². The molecule has 0 fully saturated rings. The molecular formula is C18H20N4O2. The van der Waals surface area contributed by atoms with Gasteiger partial charge in [-0.15, -0.1) is 0 Å². The fourth-order valence-corrected chi connectivity index (χ4v) is 2.42. The highest BCUT2D eigenvalue weighted by Gasteiger charge is 2.09. The monoisotopic (exact) mass is 324 g/mol. The molecule has 0 bridgehead atoms. The van der Waals surface area contributed by atoms with Crippen molar-refractivity contribution in [1.82, 2.24) is 15.0 Å². The van der Waals surface area contributed by atoms with Gasteiger partial charge in [0.2, 0.25) is 0 Å². The zero-order valence-electron chi connectivity index (χ0n) is 14.3. The molecule has 0 amide bonds. The minimum atomic E-state index is -0.119. The quantitative estimate of drug-likeness (QED) is 0.798. The number of H-pyrrole nitrogens is 1. The summed E-state index contributed by atoms with van der Waals surface area (Å²) in [7, 11) is 1.95. The van der Waals surface area contributed by atoms with Crippen LogP contribution in [-0.2, 0) is 6.54 Å². The normalized spacial score (nSPS) is 10.8. The molecule has 0 aliphatic heterocycles. The number of aromatic amines is 1. The van der Waals surface area contributed by atoms with E-state index in [4.69, 9.17) is 4.42 Å². The molecule has 0 radical (unpaired) electrons. The molecule has 0 aromatic carbocycles. The molecule has 0 saturated carbocycles. The first-order valence-corrected chi connectivity index (χ1v) is 7.74. The summed E-state index contributed by atoms with van der Waals surface area (Å²) in [6.45, 7) is 6.15. The van der Waals surface area contributed by atoms with Crippen molar-refractivity contribution < 1.29 is 4.42 Å². The molecule has 0 atom stereocenters. The Bertz CT molecular complexity index is 910. The number of nitrogens with zero attached hydrogens (tertiary/aromatic N) is 3. The number of hydrogen-bond donors (Lipinski definition) is 1. The molecule has 124 valence electrons. The van der Waals surface area contributed by atoms with Crippen LogP contribution in [0.5, 0.6) is 0 Å². The van der Waals surface area contributed by atoms with Gasteiger partial charge in [-0.1, -0.05) is 0 Å². The Morgan fingerprint density at radius 3 is 2.54 bits per heavy atom. The van der Waals surface area contributed by atoms with Crippen LogP contribution < -0.4 is 10.5 Å². The van der Waals surface area contributed by atoms with Crippen molar-refractivity contribution in [1.29, 1.82) is 0 Å². The second-order valence-corrected chi connectivity index (χ2v) is 5.90. The van der Waals surface area contributed by atoms with E-state index in [0.29, 0.717) is 17.9 Å². The van der Waals surface area contributed by atoms with Gasteiger partial charge in [-0.05, 0) is 45.0 Å². The molecule has 3 heterocycles. The number of nitrogens with one attached hydrogen (secondary N) is 1. The lowest BCUT2D eigenvalue weighted by Gasteiger charge is -2.16. The van der Waals surface area contributed by atoms with Crippen molar-refractivity contribution in [2.24, 2.45) is 0 Å². The van der Waals surface area contributed by atoms with Crippen molar-refractivity contribution in [3.8, 4) is 11.4 Å². The second kappa shape index (κ2) is 6.31. The summed E-state index contributed by atoms with van der Waals surface area (Å²) >= 11 is 0. The molecule has 0 aliphatic rings. The van der Waals surface area contributed by atoms with Crippen molar-refractivity contribution in [2.45, 2.75) is 27.3 Å².